The van der Waals surface area contributed by atoms with Crippen molar-refractivity contribution in [3.05, 3.63) is 103 Å². The first kappa shape index (κ1) is 18.4. The fourth-order valence-corrected chi connectivity index (χ4v) is 3.30. The molecule has 29 heavy (non-hydrogen) atoms. The highest BCUT2D eigenvalue weighted by Gasteiger charge is 2.04. The van der Waals surface area contributed by atoms with Crippen LogP contribution in [-0.4, -0.2) is 15.3 Å². The van der Waals surface area contributed by atoms with Crippen LogP contribution in [-0.2, 0) is 0 Å². The van der Waals surface area contributed by atoms with Gasteiger partial charge in [-0.05, 0) is 63.5 Å². The maximum absolute atomic E-state index is 9.84. The molecule has 3 nitrogen and oxygen atoms in total. The molecule has 0 saturated heterocycles. The van der Waals surface area contributed by atoms with Crippen LogP contribution < -0.4 is 0 Å². The van der Waals surface area contributed by atoms with E-state index in [0.717, 1.165) is 32.7 Å². The molecule has 0 saturated carbocycles. The van der Waals surface area contributed by atoms with Crippen LogP contribution in [0.5, 0.6) is 17.2 Å². The number of phenolic OH excluding ortho intramolecular Hbond substituents is 3. The van der Waals surface area contributed by atoms with Crippen molar-refractivity contribution in [2.75, 3.05) is 0 Å². The minimum absolute atomic E-state index is 0.262. The molecule has 0 atom stereocenters. The van der Waals surface area contributed by atoms with Gasteiger partial charge in [0.1, 0.15) is 17.2 Å². The maximum Gasteiger partial charge on any atom is 0.123 e. The van der Waals surface area contributed by atoms with E-state index in [9.17, 15) is 10.2 Å². The van der Waals surface area contributed by atoms with Gasteiger partial charge in [0.2, 0.25) is 0 Å². The average molecular weight is 380 g/mol. The Morgan fingerprint density at radius 2 is 0.931 bits per heavy atom. The van der Waals surface area contributed by atoms with Crippen molar-refractivity contribution in [3.63, 3.8) is 0 Å². The van der Waals surface area contributed by atoms with Gasteiger partial charge >= 0.3 is 0 Å². The van der Waals surface area contributed by atoms with Gasteiger partial charge in [-0.3, -0.25) is 0 Å². The molecule has 5 rings (SSSR count). The van der Waals surface area contributed by atoms with Crippen LogP contribution in [0.2, 0.25) is 0 Å². The van der Waals surface area contributed by atoms with Crippen LogP contribution in [0, 0.1) is 0 Å². The summed E-state index contributed by atoms with van der Waals surface area (Å²) in [5.74, 6) is 0.858. The van der Waals surface area contributed by atoms with Crippen molar-refractivity contribution in [1.82, 2.24) is 0 Å². The Labute approximate surface area is 168 Å². The summed E-state index contributed by atoms with van der Waals surface area (Å²) in [6, 6.07) is 31.7. The van der Waals surface area contributed by atoms with E-state index >= 15 is 0 Å². The predicted molar refractivity (Wildman–Crippen MR) is 118 cm³/mol. The van der Waals surface area contributed by atoms with Crippen LogP contribution >= 0.6 is 0 Å². The van der Waals surface area contributed by atoms with Gasteiger partial charge in [0.05, 0.1) is 0 Å². The monoisotopic (exact) mass is 380 g/mol. The van der Waals surface area contributed by atoms with Crippen LogP contribution in [0.4, 0.5) is 0 Å². The molecule has 0 aliphatic carbocycles. The highest BCUT2D eigenvalue weighted by atomic mass is 16.3. The zero-order chi connectivity index (χ0) is 20.2. The lowest BCUT2D eigenvalue weighted by atomic mass is 10.0. The van der Waals surface area contributed by atoms with Crippen LogP contribution in [0.25, 0.3) is 32.7 Å². The van der Waals surface area contributed by atoms with Crippen LogP contribution in [0.1, 0.15) is 0 Å². The fourth-order valence-electron chi connectivity index (χ4n) is 3.30. The lowest BCUT2D eigenvalue weighted by Gasteiger charge is -2.06. The Balaban J connectivity index is 0.000000159. The van der Waals surface area contributed by atoms with Gasteiger partial charge < -0.3 is 15.3 Å². The fraction of sp³-hybridized carbons (Fsp3) is 0. The number of phenols is 3. The molecule has 0 fully saturated rings. The minimum atomic E-state index is 0.262. The van der Waals surface area contributed by atoms with Crippen molar-refractivity contribution in [2.24, 2.45) is 0 Å². The molecule has 0 unspecified atom stereocenters. The Kier molecular flexibility index (Phi) is 5.04. The Hall–Kier alpha value is -3.98. The molecule has 3 N–H and O–H groups in total. The summed E-state index contributed by atoms with van der Waals surface area (Å²) >= 11 is 0. The molecule has 142 valence electrons. The van der Waals surface area contributed by atoms with Gasteiger partial charge in [0, 0.05) is 5.56 Å². The summed E-state index contributed by atoms with van der Waals surface area (Å²) in [6.07, 6.45) is 0. The molecule has 0 radical (unpaired) electrons. The number of para-hydroxylation sites is 1. The molecule has 0 aromatic heterocycles. The molecular weight excluding hydrogens is 360 g/mol. The van der Waals surface area contributed by atoms with Crippen LogP contribution in [0.3, 0.4) is 0 Å². The van der Waals surface area contributed by atoms with Crippen molar-refractivity contribution in [2.45, 2.75) is 0 Å². The molecule has 0 aliphatic rings. The summed E-state index contributed by atoms with van der Waals surface area (Å²) in [5, 5.41) is 32.6. The van der Waals surface area contributed by atoms with Crippen LogP contribution in [0.15, 0.2) is 103 Å². The first-order chi connectivity index (χ1) is 14.1. The topological polar surface area (TPSA) is 60.7 Å². The van der Waals surface area contributed by atoms with Gasteiger partial charge in [-0.15, -0.1) is 0 Å². The second-order valence-corrected chi connectivity index (χ2v) is 6.79. The van der Waals surface area contributed by atoms with Gasteiger partial charge in [0.25, 0.3) is 0 Å². The highest BCUT2D eigenvalue weighted by molar-refractivity contribution is 5.89. The molecule has 0 bridgehead atoms. The first-order valence-corrected chi connectivity index (χ1v) is 9.29. The third-order valence-electron chi connectivity index (χ3n) is 4.77. The van der Waals surface area contributed by atoms with Crippen molar-refractivity contribution < 1.29 is 15.3 Å². The summed E-state index contributed by atoms with van der Waals surface area (Å²) in [4.78, 5) is 0. The smallest absolute Gasteiger partial charge is 0.123 e. The van der Waals surface area contributed by atoms with Crippen molar-refractivity contribution in [1.29, 1.82) is 0 Å². The third kappa shape index (κ3) is 4.14. The summed E-state index contributed by atoms with van der Waals surface area (Å²) in [5.41, 5.74) is 1.78. The molecule has 0 spiro atoms. The second kappa shape index (κ2) is 7.95. The second-order valence-electron chi connectivity index (χ2n) is 6.79. The summed E-state index contributed by atoms with van der Waals surface area (Å²) in [7, 11) is 0. The van der Waals surface area contributed by atoms with E-state index in [1.807, 2.05) is 66.7 Å². The molecule has 0 heterocycles. The lowest BCUT2D eigenvalue weighted by Crippen LogP contribution is -1.80. The van der Waals surface area contributed by atoms with E-state index in [1.54, 1.807) is 36.4 Å². The average Bonchev–Trinajstić information content (AvgIpc) is 2.74. The Morgan fingerprint density at radius 3 is 1.66 bits per heavy atom. The molecule has 0 amide bonds. The Bertz CT molecular complexity index is 1290. The van der Waals surface area contributed by atoms with E-state index < -0.39 is 0 Å². The number of aromatic hydroxyl groups is 3. The predicted octanol–water partition coefficient (Wildman–Crippen LogP) is 6.46. The third-order valence-corrected chi connectivity index (χ3v) is 4.77. The first-order valence-electron chi connectivity index (χ1n) is 9.29. The lowest BCUT2D eigenvalue weighted by molar-refractivity contribution is 0.475. The maximum atomic E-state index is 9.84. The minimum Gasteiger partial charge on any atom is -0.508 e. The van der Waals surface area contributed by atoms with E-state index in [-0.39, 0.29) is 11.5 Å². The van der Waals surface area contributed by atoms with Crippen molar-refractivity contribution in [3.8, 4) is 28.4 Å². The SMILES string of the molecule is Oc1ccc2cc(-c3ccccc3O)ccc2c1.Oc1ccc2ccccc2c1. The van der Waals surface area contributed by atoms with Crippen molar-refractivity contribution >= 4 is 21.5 Å². The molecule has 3 heteroatoms. The summed E-state index contributed by atoms with van der Waals surface area (Å²) in [6.45, 7) is 0. The van der Waals surface area contributed by atoms with E-state index in [4.69, 9.17) is 5.11 Å². The number of hydrogen-bond donors (Lipinski definition) is 3. The number of rotatable bonds is 1. The zero-order valence-corrected chi connectivity index (χ0v) is 15.7. The van der Waals surface area contributed by atoms with Gasteiger partial charge in [-0.1, -0.05) is 66.7 Å². The van der Waals surface area contributed by atoms with E-state index in [1.165, 1.54) is 0 Å². The van der Waals surface area contributed by atoms with Gasteiger partial charge in [-0.2, -0.15) is 0 Å². The molecule has 5 aromatic carbocycles. The standard InChI is InChI=1S/C16H12O2.C10H8O/c17-14-8-7-11-9-13(6-5-12(11)10-14)15-3-1-2-4-16(15)18;11-10-6-5-8-3-1-2-4-9(8)7-10/h1-10,17-18H;1-7,11H. The normalized spacial score (nSPS) is 10.5. The zero-order valence-electron chi connectivity index (χ0n) is 15.7. The number of fused-ring (bicyclic) bond motifs is 2. The van der Waals surface area contributed by atoms with E-state index in [2.05, 4.69) is 0 Å². The number of hydrogen-bond acceptors (Lipinski definition) is 3. The molecule has 5 aromatic rings. The largest absolute Gasteiger partial charge is 0.508 e. The van der Waals surface area contributed by atoms with Gasteiger partial charge in [-0.25, -0.2) is 0 Å². The number of benzene rings is 5. The molecule has 0 aliphatic heterocycles. The Morgan fingerprint density at radius 1 is 0.414 bits per heavy atom. The highest BCUT2D eigenvalue weighted by Crippen LogP contribution is 2.31. The summed E-state index contributed by atoms with van der Waals surface area (Å²) < 4.78 is 0. The molecular formula is C26H20O3. The van der Waals surface area contributed by atoms with E-state index in [0.29, 0.717) is 5.75 Å². The van der Waals surface area contributed by atoms with Gasteiger partial charge in [0.15, 0.2) is 0 Å². The quantitative estimate of drug-likeness (QED) is 0.313.